The van der Waals surface area contributed by atoms with Gasteiger partial charge in [0, 0.05) is 0 Å². The van der Waals surface area contributed by atoms with Crippen LogP contribution in [0.2, 0.25) is 0 Å². The van der Waals surface area contributed by atoms with Gasteiger partial charge in [0.25, 0.3) is 0 Å². The van der Waals surface area contributed by atoms with E-state index in [1.165, 1.54) is 5.56 Å². The molecule has 0 aliphatic carbocycles. The van der Waals surface area contributed by atoms with Gasteiger partial charge < -0.3 is 13.3 Å². The Labute approximate surface area is 107 Å². The highest BCUT2D eigenvalue weighted by atomic mass is 16.3. The van der Waals surface area contributed by atoms with Crippen LogP contribution in [0.25, 0.3) is 0 Å². The maximum absolute atomic E-state index is 4.96. The molecule has 96 valence electrons. The molecule has 0 N–H and O–H groups in total. The highest BCUT2D eigenvalue weighted by Gasteiger charge is 1.88. The minimum absolute atomic E-state index is 0.968. The summed E-state index contributed by atoms with van der Waals surface area (Å²) < 4.78 is 14.4. The normalized spacial score (nSPS) is 8.83. The van der Waals surface area contributed by atoms with Crippen LogP contribution in [0, 0.1) is 20.8 Å². The first-order valence-corrected chi connectivity index (χ1v) is 5.68. The third-order valence-electron chi connectivity index (χ3n) is 2.21. The van der Waals surface area contributed by atoms with Crippen molar-refractivity contribution in [3.63, 3.8) is 0 Å². The first-order valence-electron chi connectivity index (χ1n) is 5.68. The van der Waals surface area contributed by atoms with E-state index >= 15 is 0 Å². The molecule has 0 saturated heterocycles. The van der Waals surface area contributed by atoms with Crippen LogP contribution in [0.3, 0.4) is 0 Å². The maximum Gasteiger partial charge on any atom is 0.103 e. The molecule has 0 spiro atoms. The second-order valence-corrected chi connectivity index (χ2v) is 3.68. The highest BCUT2D eigenvalue weighted by Crippen LogP contribution is 2.04. The van der Waals surface area contributed by atoms with E-state index in [0.717, 1.165) is 11.5 Å². The van der Waals surface area contributed by atoms with Crippen molar-refractivity contribution in [2.75, 3.05) is 0 Å². The van der Waals surface area contributed by atoms with E-state index in [-0.39, 0.29) is 0 Å². The molecule has 3 aromatic rings. The van der Waals surface area contributed by atoms with E-state index < -0.39 is 0 Å². The number of furan rings is 3. The van der Waals surface area contributed by atoms with Gasteiger partial charge in [-0.3, -0.25) is 0 Å². The lowest BCUT2D eigenvalue weighted by Crippen LogP contribution is -1.63. The van der Waals surface area contributed by atoms with E-state index in [0.29, 0.717) is 0 Å². The molecule has 18 heavy (non-hydrogen) atoms. The molecule has 0 aliphatic heterocycles. The second kappa shape index (κ2) is 8.01. The van der Waals surface area contributed by atoms with Crippen LogP contribution in [0.15, 0.2) is 68.6 Å². The molecule has 3 heteroatoms. The predicted octanol–water partition coefficient (Wildman–Crippen LogP) is 4.76. The Kier molecular flexibility index (Phi) is 6.19. The van der Waals surface area contributed by atoms with E-state index in [2.05, 4.69) is 4.42 Å². The Balaban J connectivity index is 0.000000137. The van der Waals surface area contributed by atoms with Crippen molar-refractivity contribution in [3.8, 4) is 0 Å². The Hall–Kier alpha value is -2.16. The molecular formula is C15H18O3. The molecule has 0 radical (unpaired) electrons. The average molecular weight is 246 g/mol. The number of aryl methyl sites for hydroxylation is 3. The lowest BCUT2D eigenvalue weighted by atomic mass is 10.3. The van der Waals surface area contributed by atoms with Gasteiger partial charge in [-0.1, -0.05) is 0 Å². The predicted molar refractivity (Wildman–Crippen MR) is 70.3 cm³/mol. The minimum Gasteiger partial charge on any atom is -0.473 e. The largest absolute Gasteiger partial charge is 0.473 e. The molecule has 3 rings (SSSR count). The van der Waals surface area contributed by atoms with Crippen LogP contribution in [0.4, 0.5) is 0 Å². The van der Waals surface area contributed by atoms with Crippen molar-refractivity contribution in [1.29, 1.82) is 0 Å². The van der Waals surface area contributed by atoms with Crippen molar-refractivity contribution in [2.24, 2.45) is 0 Å². The molecule has 0 atom stereocenters. The summed E-state index contributed by atoms with van der Waals surface area (Å²) in [5, 5.41) is 0. The smallest absolute Gasteiger partial charge is 0.103 e. The van der Waals surface area contributed by atoms with E-state index in [4.69, 9.17) is 8.83 Å². The molecule has 0 bridgehead atoms. The van der Waals surface area contributed by atoms with Gasteiger partial charge in [-0.25, -0.2) is 0 Å². The topological polar surface area (TPSA) is 39.4 Å². The Morgan fingerprint density at radius 2 is 1.44 bits per heavy atom. The fourth-order valence-electron chi connectivity index (χ4n) is 1.04. The SMILES string of the molecule is Cc1ccco1.Cc1ccoc1C.c1ccoc1. The zero-order valence-electron chi connectivity index (χ0n) is 10.9. The van der Waals surface area contributed by atoms with Crippen LogP contribution < -0.4 is 0 Å². The summed E-state index contributed by atoms with van der Waals surface area (Å²) in [6, 6.07) is 9.41. The molecular weight excluding hydrogens is 228 g/mol. The summed E-state index contributed by atoms with van der Waals surface area (Å²) in [7, 11) is 0. The van der Waals surface area contributed by atoms with E-state index in [9.17, 15) is 0 Å². The van der Waals surface area contributed by atoms with Crippen LogP contribution in [0.5, 0.6) is 0 Å². The van der Waals surface area contributed by atoms with Gasteiger partial charge in [0.1, 0.15) is 11.5 Å². The third-order valence-corrected chi connectivity index (χ3v) is 2.21. The molecule has 0 aromatic carbocycles. The second-order valence-electron chi connectivity index (χ2n) is 3.68. The number of rotatable bonds is 0. The highest BCUT2D eigenvalue weighted by molar-refractivity contribution is 5.11. The lowest BCUT2D eigenvalue weighted by molar-refractivity contribution is 0.532. The standard InChI is InChI=1S/C6H8O.C5H6O.C4H4O/c1-5-3-4-7-6(5)2;1-5-3-2-4-6-5;1-2-4-5-3-1/h3-4H,1-2H3;2-4H,1H3;1-4H. The minimum atomic E-state index is 0.968. The van der Waals surface area contributed by atoms with E-state index in [1.807, 2.05) is 51.1 Å². The van der Waals surface area contributed by atoms with Crippen LogP contribution >= 0.6 is 0 Å². The van der Waals surface area contributed by atoms with Crippen molar-refractivity contribution in [2.45, 2.75) is 20.8 Å². The van der Waals surface area contributed by atoms with Gasteiger partial charge in [0.2, 0.25) is 0 Å². The number of hydrogen-bond acceptors (Lipinski definition) is 3. The lowest BCUT2D eigenvalue weighted by Gasteiger charge is -1.79. The molecule has 3 aromatic heterocycles. The van der Waals surface area contributed by atoms with Gasteiger partial charge in [-0.2, -0.15) is 0 Å². The molecule has 0 saturated carbocycles. The van der Waals surface area contributed by atoms with Crippen LogP contribution in [0.1, 0.15) is 17.1 Å². The summed E-state index contributed by atoms with van der Waals surface area (Å²) in [5.74, 6) is 1.98. The van der Waals surface area contributed by atoms with Crippen molar-refractivity contribution in [3.05, 3.63) is 72.5 Å². The van der Waals surface area contributed by atoms with Crippen molar-refractivity contribution >= 4 is 0 Å². The quantitative estimate of drug-likeness (QED) is 0.574. The summed E-state index contributed by atoms with van der Waals surface area (Å²) in [5.41, 5.74) is 1.22. The van der Waals surface area contributed by atoms with Crippen LogP contribution in [-0.2, 0) is 0 Å². The molecule has 3 heterocycles. The zero-order valence-corrected chi connectivity index (χ0v) is 10.9. The molecule has 0 fully saturated rings. The maximum atomic E-state index is 4.96. The molecule has 0 amide bonds. The summed E-state index contributed by atoms with van der Waals surface area (Å²) in [6.45, 7) is 5.90. The van der Waals surface area contributed by atoms with Crippen LogP contribution in [-0.4, -0.2) is 0 Å². The van der Waals surface area contributed by atoms with Crippen molar-refractivity contribution < 1.29 is 13.3 Å². The van der Waals surface area contributed by atoms with Gasteiger partial charge in [0.15, 0.2) is 0 Å². The average Bonchev–Trinajstić information content (AvgIpc) is 3.06. The number of hydrogen-bond donors (Lipinski definition) is 0. The molecule has 0 unspecified atom stereocenters. The van der Waals surface area contributed by atoms with E-state index in [1.54, 1.807) is 25.1 Å². The van der Waals surface area contributed by atoms with Gasteiger partial charge in [-0.05, 0) is 56.7 Å². The van der Waals surface area contributed by atoms with Gasteiger partial charge >= 0.3 is 0 Å². The fraction of sp³-hybridized carbons (Fsp3) is 0.200. The molecule has 0 aliphatic rings. The Morgan fingerprint density at radius 3 is 1.61 bits per heavy atom. The third kappa shape index (κ3) is 5.80. The van der Waals surface area contributed by atoms with Gasteiger partial charge in [-0.15, -0.1) is 0 Å². The van der Waals surface area contributed by atoms with Crippen molar-refractivity contribution in [1.82, 2.24) is 0 Å². The first kappa shape index (κ1) is 13.9. The van der Waals surface area contributed by atoms with Gasteiger partial charge in [0.05, 0.1) is 25.1 Å². The summed E-state index contributed by atoms with van der Waals surface area (Å²) >= 11 is 0. The fourth-order valence-corrected chi connectivity index (χ4v) is 1.04. The summed E-state index contributed by atoms with van der Waals surface area (Å²) in [4.78, 5) is 0. The monoisotopic (exact) mass is 246 g/mol. The Bertz CT molecular complexity index is 456. The zero-order chi connectivity index (χ0) is 13.2. The summed E-state index contributed by atoms with van der Waals surface area (Å²) in [6.07, 6.45) is 6.61. The Morgan fingerprint density at radius 1 is 0.722 bits per heavy atom. The molecule has 3 nitrogen and oxygen atoms in total. The first-order chi connectivity index (χ1) is 8.70.